The minimum absolute atomic E-state index is 0.0745. The first kappa shape index (κ1) is 15.2. The Bertz CT molecular complexity index is 484. The molecule has 4 rings (SSSR count). The van der Waals surface area contributed by atoms with Crippen molar-refractivity contribution in [3.63, 3.8) is 0 Å². The number of aliphatic hydroxyl groups excluding tert-OH is 2. The van der Waals surface area contributed by atoms with Crippen molar-refractivity contribution in [1.82, 2.24) is 0 Å². The van der Waals surface area contributed by atoms with Crippen LogP contribution in [-0.4, -0.2) is 22.4 Å². The average molecular weight is 304 g/mol. The van der Waals surface area contributed by atoms with Gasteiger partial charge in [-0.2, -0.15) is 0 Å². The Kier molecular flexibility index (Phi) is 3.51. The van der Waals surface area contributed by atoms with Gasteiger partial charge in [-0.25, -0.2) is 0 Å². The quantitative estimate of drug-likeness (QED) is 0.717. The van der Waals surface area contributed by atoms with Crippen LogP contribution in [0.1, 0.15) is 71.6 Å². The van der Waals surface area contributed by atoms with Crippen LogP contribution in [0, 0.1) is 28.6 Å². The third-order valence-corrected chi connectivity index (χ3v) is 8.38. The van der Waals surface area contributed by atoms with Gasteiger partial charge in [0.05, 0.1) is 12.2 Å². The molecule has 4 aliphatic carbocycles. The van der Waals surface area contributed by atoms with Crippen LogP contribution in [0.3, 0.4) is 0 Å². The van der Waals surface area contributed by atoms with Crippen molar-refractivity contribution in [2.45, 2.75) is 83.8 Å². The molecule has 0 amide bonds. The van der Waals surface area contributed by atoms with Gasteiger partial charge in [-0.15, -0.1) is 0 Å². The number of allylic oxidation sites excluding steroid dienone is 1. The molecular formula is C20H32O2. The standard InChI is InChI=1S/C20H32O2/c1-3-20-11-8-14(21)12-13(20)4-5-15-16-6-7-18(22)19(16,2)10-9-17(15)20/h4,14-18,21-22H,3,5-12H2,1-2H3/t14?,15-,16-,17+,18?,19-,20-/m0/s1. The highest BCUT2D eigenvalue weighted by Gasteiger charge is 2.59. The second kappa shape index (κ2) is 5.08. The molecule has 0 aliphatic heterocycles. The predicted octanol–water partition coefficient (Wildman–Crippen LogP) is 4.06. The fourth-order valence-corrected chi connectivity index (χ4v) is 7.07. The van der Waals surface area contributed by atoms with Crippen LogP contribution in [0.5, 0.6) is 0 Å². The number of rotatable bonds is 1. The molecule has 4 aliphatic rings. The molecular weight excluding hydrogens is 272 g/mol. The maximum atomic E-state index is 10.5. The molecule has 0 aromatic carbocycles. The molecule has 3 saturated carbocycles. The lowest BCUT2D eigenvalue weighted by Crippen LogP contribution is -2.51. The van der Waals surface area contributed by atoms with Crippen LogP contribution < -0.4 is 0 Å². The van der Waals surface area contributed by atoms with Gasteiger partial charge in [0, 0.05) is 0 Å². The monoisotopic (exact) mass is 304 g/mol. The lowest BCUT2D eigenvalue weighted by Gasteiger charge is -2.58. The molecule has 0 aromatic heterocycles. The molecule has 2 nitrogen and oxygen atoms in total. The van der Waals surface area contributed by atoms with Crippen molar-refractivity contribution in [2.75, 3.05) is 0 Å². The minimum atomic E-state index is -0.107. The second-order valence-corrected chi connectivity index (χ2v) is 8.89. The Morgan fingerprint density at radius 1 is 1.09 bits per heavy atom. The van der Waals surface area contributed by atoms with Gasteiger partial charge in [-0.1, -0.05) is 25.5 Å². The Morgan fingerprint density at radius 3 is 2.68 bits per heavy atom. The van der Waals surface area contributed by atoms with Gasteiger partial charge in [0.1, 0.15) is 0 Å². The van der Waals surface area contributed by atoms with E-state index in [1.807, 2.05) is 0 Å². The van der Waals surface area contributed by atoms with E-state index in [1.165, 1.54) is 38.5 Å². The Hall–Kier alpha value is -0.340. The molecule has 0 aromatic rings. The van der Waals surface area contributed by atoms with E-state index in [-0.39, 0.29) is 17.6 Å². The molecule has 0 spiro atoms. The van der Waals surface area contributed by atoms with E-state index in [1.54, 1.807) is 5.57 Å². The fourth-order valence-electron chi connectivity index (χ4n) is 7.07. The van der Waals surface area contributed by atoms with Gasteiger partial charge in [0.2, 0.25) is 0 Å². The normalized spacial score (nSPS) is 54.2. The summed E-state index contributed by atoms with van der Waals surface area (Å²) >= 11 is 0. The molecule has 0 saturated heterocycles. The maximum Gasteiger partial charge on any atom is 0.0596 e. The predicted molar refractivity (Wildman–Crippen MR) is 88.3 cm³/mol. The van der Waals surface area contributed by atoms with Crippen LogP contribution in [0.4, 0.5) is 0 Å². The Morgan fingerprint density at radius 2 is 1.91 bits per heavy atom. The topological polar surface area (TPSA) is 40.5 Å². The van der Waals surface area contributed by atoms with E-state index in [4.69, 9.17) is 0 Å². The molecule has 0 bridgehead atoms. The maximum absolute atomic E-state index is 10.5. The molecule has 0 radical (unpaired) electrons. The first-order chi connectivity index (χ1) is 10.5. The summed E-state index contributed by atoms with van der Waals surface area (Å²) in [6.07, 6.45) is 12.6. The van der Waals surface area contributed by atoms with Crippen LogP contribution in [-0.2, 0) is 0 Å². The smallest absolute Gasteiger partial charge is 0.0596 e. The SMILES string of the molecule is CC[C@]12CCC(O)CC1=CC[C@@H]1[C@H]2CC[C@]2(C)C(O)CC[C@@H]12. The summed E-state index contributed by atoms with van der Waals surface area (Å²) in [4.78, 5) is 0. The van der Waals surface area contributed by atoms with Gasteiger partial charge in [0.15, 0.2) is 0 Å². The summed E-state index contributed by atoms with van der Waals surface area (Å²) in [6, 6.07) is 0. The first-order valence-corrected chi connectivity index (χ1v) is 9.57. The van der Waals surface area contributed by atoms with E-state index < -0.39 is 0 Å². The molecule has 2 unspecified atom stereocenters. The van der Waals surface area contributed by atoms with Gasteiger partial charge in [0.25, 0.3) is 0 Å². The highest BCUT2D eigenvalue weighted by Crippen LogP contribution is 2.65. The largest absolute Gasteiger partial charge is 0.393 e. The summed E-state index contributed by atoms with van der Waals surface area (Å²) in [6.45, 7) is 4.72. The lowest BCUT2D eigenvalue weighted by atomic mass is 9.47. The van der Waals surface area contributed by atoms with Crippen molar-refractivity contribution in [3.8, 4) is 0 Å². The lowest BCUT2D eigenvalue weighted by molar-refractivity contribution is -0.0769. The van der Waals surface area contributed by atoms with Crippen molar-refractivity contribution in [1.29, 1.82) is 0 Å². The van der Waals surface area contributed by atoms with E-state index in [2.05, 4.69) is 19.9 Å². The molecule has 2 heteroatoms. The summed E-state index contributed by atoms with van der Waals surface area (Å²) < 4.78 is 0. The van der Waals surface area contributed by atoms with Gasteiger partial charge < -0.3 is 10.2 Å². The van der Waals surface area contributed by atoms with Crippen molar-refractivity contribution in [2.24, 2.45) is 28.6 Å². The highest BCUT2D eigenvalue weighted by atomic mass is 16.3. The van der Waals surface area contributed by atoms with Gasteiger partial charge >= 0.3 is 0 Å². The molecule has 3 fully saturated rings. The number of aliphatic hydroxyl groups is 2. The summed E-state index contributed by atoms with van der Waals surface area (Å²) in [5, 5.41) is 20.6. The Labute approximate surface area is 135 Å². The average Bonchev–Trinajstić information content (AvgIpc) is 2.82. The van der Waals surface area contributed by atoms with Gasteiger partial charge in [-0.05, 0) is 86.4 Å². The van der Waals surface area contributed by atoms with Crippen LogP contribution >= 0.6 is 0 Å². The molecule has 22 heavy (non-hydrogen) atoms. The van der Waals surface area contributed by atoms with Crippen molar-refractivity contribution >= 4 is 0 Å². The summed E-state index contributed by atoms with van der Waals surface area (Å²) in [7, 11) is 0. The van der Waals surface area contributed by atoms with E-state index in [0.29, 0.717) is 11.3 Å². The van der Waals surface area contributed by atoms with Crippen LogP contribution in [0.25, 0.3) is 0 Å². The third-order valence-electron chi connectivity index (χ3n) is 8.38. The van der Waals surface area contributed by atoms with Gasteiger partial charge in [-0.3, -0.25) is 0 Å². The van der Waals surface area contributed by atoms with Crippen molar-refractivity contribution < 1.29 is 10.2 Å². The van der Waals surface area contributed by atoms with Crippen molar-refractivity contribution in [3.05, 3.63) is 11.6 Å². The molecule has 0 heterocycles. The number of hydrogen-bond acceptors (Lipinski definition) is 2. The second-order valence-electron chi connectivity index (χ2n) is 8.89. The number of fused-ring (bicyclic) bond motifs is 5. The third kappa shape index (κ3) is 1.86. The zero-order valence-corrected chi connectivity index (χ0v) is 14.2. The van der Waals surface area contributed by atoms with E-state index in [9.17, 15) is 10.2 Å². The molecule has 124 valence electrons. The molecule has 7 atom stereocenters. The van der Waals surface area contributed by atoms with Crippen LogP contribution in [0.15, 0.2) is 11.6 Å². The van der Waals surface area contributed by atoms with E-state index >= 15 is 0 Å². The zero-order chi connectivity index (χ0) is 15.5. The number of hydrogen-bond donors (Lipinski definition) is 2. The first-order valence-electron chi connectivity index (χ1n) is 9.57. The summed E-state index contributed by atoms with van der Waals surface area (Å²) in [5.74, 6) is 2.29. The van der Waals surface area contributed by atoms with E-state index in [0.717, 1.165) is 31.1 Å². The minimum Gasteiger partial charge on any atom is -0.393 e. The van der Waals surface area contributed by atoms with Crippen LogP contribution in [0.2, 0.25) is 0 Å². The Balaban J connectivity index is 1.70. The highest BCUT2D eigenvalue weighted by molar-refractivity contribution is 5.26. The molecule has 2 N–H and O–H groups in total. The zero-order valence-electron chi connectivity index (χ0n) is 14.2. The summed E-state index contributed by atoms with van der Waals surface area (Å²) in [5.41, 5.74) is 2.13. The fraction of sp³-hybridized carbons (Fsp3) is 0.900.